The molecule has 3 nitrogen and oxygen atoms in total. The Balaban J connectivity index is 2.61. The molecule has 0 spiro atoms. The summed E-state index contributed by atoms with van der Waals surface area (Å²) < 4.78 is 11.2. The SMILES string of the molecule is COC(=O)C(C)(C)COc1cccc(Br)c1. The molecule has 0 amide bonds. The molecule has 0 radical (unpaired) electrons. The Labute approximate surface area is 104 Å². The highest BCUT2D eigenvalue weighted by molar-refractivity contribution is 9.10. The minimum Gasteiger partial charge on any atom is -0.492 e. The van der Waals surface area contributed by atoms with Gasteiger partial charge in [-0.2, -0.15) is 0 Å². The van der Waals surface area contributed by atoms with Crippen LogP contribution in [0.3, 0.4) is 0 Å². The Hall–Kier alpha value is -1.03. The van der Waals surface area contributed by atoms with Crippen LogP contribution in [-0.4, -0.2) is 19.7 Å². The van der Waals surface area contributed by atoms with Crippen LogP contribution in [0.15, 0.2) is 28.7 Å². The molecule has 0 aliphatic heterocycles. The van der Waals surface area contributed by atoms with E-state index in [-0.39, 0.29) is 12.6 Å². The molecule has 1 aromatic rings. The molecule has 0 saturated heterocycles. The standard InChI is InChI=1S/C12H15BrO3/c1-12(2,11(14)15-3)8-16-10-6-4-5-9(13)7-10/h4-7H,8H2,1-3H3. The molecule has 1 rings (SSSR count). The van der Waals surface area contributed by atoms with Gasteiger partial charge in [-0.15, -0.1) is 0 Å². The lowest BCUT2D eigenvalue weighted by molar-refractivity contribution is -0.152. The molecule has 0 fully saturated rings. The van der Waals surface area contributed by atoms with Gasteiger partial charge in [0.25, 0.3) is 0 Å². The van der Waals surface area contributed by atoms with Gasteiger partial charge in [-0.1, -0.05) is 22.0 Å². The zero-order chi connectivity index (χ0) is 12.2. The average molecular weight is 287 g/mol. The van der Waals surface area contributed by atoms with Gasteiger partial charge in [-0.3, -0.25) is 4.79 Å². The summed E-state index contributed by atoms with van der Waals surface area (Å²) in [6.07, 6.45) is 0. The van der Waals surface area contributed by atoms with Gasteiger partial charge in [0.05, 0.1) is 12.5 Å². The number of hydrogen-bond acceptors (Lipinski definition) is 3. The van der Waals surface area contributed by atoms with Crippen LogP contribution in [0, 0.1) is 5.41 Å². The van der Waals surface area contributed by atoms with Crippen LogP contribution in [0.2, 0.25) is 0 Å². The van der Waals surface area contributed by atoms with Crippen LogP contribution in [0.4, 0.5) is 0 Å². The molecule has 0 saturated carbocycles. The third kappa shape index (κ3) is 3.52. The van der Waals surface area contributed by atoms with Crippen molar-refractivity contribution in [1.29, 1.82) is 0 Å². The fourth-order valence-corrected chi connectivity index (χ4v) is 1.53. The van der Waals surface area contributed by atoms with Crippen molar-refractivity contribution in [1.82, 2.24) is 0 Å². The number of esters is 1. The van der Waals surface area contributed by atoms with Gasteiger partial charge in [0, 0.05) is 4.47 Å². The summed E-state index contributed by atoms with van der Waals surface area (Å²) in [7, 11) is 1.38. The van der Waals surface area contributed by atoms with E-state index in [2.05, 4.69) is 15.9 Å². The van der Waals surface area contributed by atoms with Crippen LogP contribution in [0.5, 0.6) is 5.75 Å². The molecule has 0 atom stereocenters. The largest absolute Gasteiger partial charge is 0.492 e. The molecular formula is C12H15BrO3. The number of ether oxygens (including phenoxy) is 2. The lowest BCUT2D eigenvalue weighted by Gasteiger charge is -2.21. The highest BCUT2D eigenvalue weighted by Gasteiger charge is 2.29. The normalized spacial score (nSPS) is 11.0. The molecule has 1 aromatic carbocycles. The van der Waals surface area contributed by atoms with Gasteiger partial charge < -0.3 is 9.47 Å². The number of benzene rings is 1. The molecule has 4 heteroatoms. The van der Waals surface area contributed by atoms with E-state index in [1.54, 1.807) is 13.8 Å². The van der Waals surface area contributed by atoms with E-state index >= 15 is 0 Å². The third-order valence-corrected chi connectivity index (χ3v) is 2.63. The lowest BCUT2D eigenvalue weighted by Crippen LogP contribution is -2.32. The van der Waals surface area contributed by atoms with Crippen molar-refractivity contribution in [2.75, 3.05) is 13.7 Å². The van der Waals surface area contributed by atoms with E-state index in [9.17, 15) is 4.79 Å². The van der Waals surface area contributed by atoms with E-state index in [4.69, 9.17) is 9.47 Å². The van der Waals surface area contributed by atoms with E-state index in [1.165, 1.54) is 7.11 Å². The van der Waals surface area contributed by atoms with Crippen molar-refractivity contribution in [3.05, 3.63) is 28.7 Å². The van der Waals surface area contributed by atoms with Crippen molar-refractivity contribution < 1.29 is 14.3 Å². The Bertz CT molecular complexity index is 374. The first-order valence-corrected chi connectivity index (χ1v) is 5.72. The summed E-state index contributed by atoms with van der Waals surface area (Å²) in [4.78, 5) is 11.4. The number of carbonyl (C=O) groups excluding carboxylic acids is 1. The molecular weight excluding hydrogens is 272 g/mol. The summed E-state index contributed by atoms with van der Waals surface area (Å²) in [5.41, 5.74) is -0.642. The minimum atomic E-state index is -0.642. The molecule has 0 aromatic heterocycles. The molecule has 0 bridgehead atoms. The Morgan fingerprint density at radius 2 is 2.12 bits per heavy atom. The zero-order valence-electron chi connectivity index (χ0n) is 9.62. The first-order chi connectivity index (χ1) is 7.45. The van der Waals surface area contributed by atoms with Gasteiger partial charge in [-0.05, 0) is 32.0 Å². The van der Waals surface area contributed by atoms with Gasteiger partial charge in [0.2, 0.25) is 0 Å². The monoisotopic (exact) mass is 286 g/mol. The topological polar surface area (TPSA) is 35.5 Å². The maximum Gasteiger partial charge on any atom is 0.314 e. The summed E-state index contributed by atoms with van der Waals surface area (Å²) >= 11 is 3.35. The quantitative estimate of drug-likeness (QED) is 0.798. The number of rotatable bonds is 4. The van der Waals surface area contributed by atoms with Gasteiger partial charge in [-0.25, -0.2) is 0 Å². The van der Waals surface area contributed by atoms with Crippen LogP contribution in [-0.2, 0) is 9.53 Å². The third-order valence-electron chi connectivity index (χ3n) is 2.13. The predicted molar refractivity (Wildman–Crippen MR) is 65.4 cm³/mol. The number of hydrogen-bond donors (Lipinski definition) is 0. The number of carbonyl (C=O) groups is 1. The molecule has 88 valence electrons. The fourth-order valence-electron chi connectivity index (χ4n) is 1.16. The Kier molecular flexibility index (Phi) is 4.35. The molecule has 0 heterocycles. The zero-order valence-corrected chi connectivity index (χ0v) is 11.2. The second-order valence-corrected chi connectivity index (χ2v) is 5.04. The maximum absolute atomic E-state index is 11.4. The maximum atomic E-state index is 11.4. The van der Waals surface area contributed by atoms with E-state index in [0.717, 1.165) is 10.2 Å². The van der Waals surface area contributed by atoms with E-state index in [0.29, 0.717) is 0 Å². The summed E-state index contributed by atoms with van der Waals surface area (Å²) in [5, 5.41) is 0. The van der Waals surface area contributed by atoms with Crippen molar-refractivity contribution in [3.8, 4) is 5.75 Å². The van der Waals surface area contributed by atoms with Crippen LogP contribution < -0.4 is 4.74 Å². The van der Waals surface area contributed by atoms with Gasteiger partial charge in [0.15, 0.2) is 0 Å². The van der Waals surface area contributed by atoms with Gasteiger partial charge >= 0.3 is 5.97 Å². The molecule has 0 unspecified atom stereocenters. The van der Waals surface area contributed by atoms with Crippen LogP contribution >= 0.6 is 15.9 Å². The second kappa shape index (κ2) is 5.34. The molecule has 0 N–H and O–H groups in total. The molecule has 16 heavy (non-hydrogen) atoms. The average Bonchev–Trinajstić information content (AvgIpc) is 2.25. The highest BCUT2D eigenvalue weighted by atomic mass is 79.9. The summed E-state index contributed by atoms with van der Waals surface area (Å²) in [5.74, 6) is 0.453. The Morgan fingerprint density at radius 1 is 1.44 bits per heavy atom. The Morgan fingerprint density at radius 3 is 2.69 bits per heavy atom. The molecule has 0 aliphatic carbocycles. The van der Waals surface area contributed by atoms with E-state index < -0.39 is 5.41 Å². The smallest absolute Gasteiger partial charge is 0.314 e. The summed E-state index contributed by atoms with van der Waals surface area (Å²) in [6, 6.07) is 7.49. The molecule has 0 aliphatic rings. The first-order valence-electron chi connectivity index (χ1n) is 4.92. The van der Waals surface area contributed by atoms with E-state index in [1.807, 2.05) is 24.3 Å². The predicted octanol–water partition coefficient (Wildman–Crippen LogP) is 3.03. The number of halogens is 1. The van der Waals surface area contributed by atoms with Gasteiger partial charge in [0.1, 0.15) is 12.4 Å². The number of methoxy groups -OCH3 is 1. The second-order valence-electron chi connectivity index (χ2n) is 4.12. The van der Waals surface area contributed by atoms with Crippen LogP contribution in [0.25, 0.3) is 0 Å². The van der Waals surface area contributed by atoms with Crippen molar-refractivity contribution in [2.45, 2.75) is 13.8 Å². The van der Waals surface area contributed by atoms with Crippen LogP contribution in [0.1, 0.15) is 13.8 Å². The summed E-state index contributed by atoms with van der Waals surface area (Å²) in [6.45, 7) is 3.86. The first kappa shape index (κ1) is 13.0. The highest BCUT2D eigenvalue weighted by Crippen LogP contribution is 2.22. The van der Waals surface area contributed by atoms with Crippen molar-refractivity contribution in [2.24, 2.45) is 5.41 Å². The fraction of sp³-hybridized carbons (Fsp3) is 0.417. The minimum absolute atomic E-state index is 0.275. The van der Waals surface area contributed by atoms with Crippen molar-refractivity contribution >= 4 is 21.9 Å². The van der Waals surface area contributed by atoms with Crippen molar-refractivity contribution in [3.63, 3.8) is 0 Å². The lowest BCUT2D eigenvalue weighted by atomic mass is 9.95.